The number of hydrogen-bond donors (Lipinski definition) is 2. The summed E-state index contributed by atoms with van der Waals surface area (Å²) in [5.74, 6) is -0.291. The molecule has 0 unspecified atom stereocenters. The third-order valence-corrected chi connectivity index (χ3v) is 3.36. The van der Waals surface area contributed by atoms with E-state index in [0.717, 1.165) is 11.1 Å². The molecule has 1 aromatic rings. The van der Waals surface area contributed by atoms with Gasteiger partial charge in [0.2, 0.25) is 0 Å². The molecular formula is C17H26O4. The highest BCUT2D eigenvalue weighted by molar-refractivity contribution is 5.72. The predicted octanol–water partition coefficient (Wildman–Crippen LogP) is 3.84. The van der Waals surface area contributed by atoms with Crippen molar-refractivity contribution in [3.05, 3.63) is 23.3 Å². The summed E-state index contributed by atoms with van der Waals surface area (Å²) in [5, 5.41) is 19.5. The van der Waals surface area contributed by atoms with Gasteiger partial charge in [-0.3, -0.25) is 0 Å². The largest absolute Gasteiger partial charge is 0.507 e. The Bertz CT molecular complexity index is 498. The molecule has 1 aromatic carbocycles. The molecule has 0 fully saturated rings. The van der Waals surface area contributed by atoms with Crippen LogP contribution in [0.15, 0.2) is 12.1 Å². The number of hydrogen-bond acceptors (Lipinski definition) is 3. The molecule has 0 bridgehead atoms. The fraction of sp³-hybridized carbons (Fsp3) is 0.588. The maximum Gasteiger partial charge on any atom is 0.344 e. The minimum atomic E-state index is -1.02. The fourth-order valence-corrected chi connectivity index (χ4v) is 2.07. The van der Waals surface area contributed by atoms with Crippen LogP contribution in [0.4, 0.5) is 0 Å². The smallest absolute Gasteiger partial charge is 0.344 e. The van der Waals surface area contributed by atoms with Crippen molar-refractivity contribution in [3.8, 4) is 11.5 Å². The molecular weight excluding hydrogens is 268 g/mol. The standard InChI is InChI=1S/C17H26O4/c1-10(15(19)20)21-11-8-12(16(2,3)4)14(18)13(9-11)17(5,6)7/h8-10,18H,1-7H3,(H,19,20)/t10-/m0/s1. The average Bonchev–Trinajstić information content (AvgIpc) is 2.27. The van der Waals surface area contributed by atoms with E-state index in [9.17, 15) is 9.90 Å². The molecule has 21 heavy (non-hydrogen) atoms. The lowest BCUT2D eigenvalue weighted by atomic mass is 9.79. The zero-order chi connectivity index (χ0) is 16.6. The van der Waals surface area contributed by atoms with Crippen LogP contribution >= 0.6 is 0 Å². The van der Waals surface area contributed by atoms with Crippen molar-refractivity contribution in [1.82, 2.24) is 0 Å². The zero-order valence-electron chi connectivity index (χ0n) is 13.9. The van der Waals surface area contributed by atoms with Gasteiger partial charge in [-0.1, -0.05) is 41.5 Å². The van der Waals surface area contributed by atoms with Crippen LogP contribution in [-0.4, -0.2) is 22.3 Å². The first kappa shape index (κ1) is 17.3. The Hall–Kier alpha value is -1.71. The summed E-state index contributed by atoms with van der Waals surface area (Å²) in [7, 11) is 0. The highest BCUT2D eigenvalue weighted by Gasteiger charge is 2.27. The Morgan fingerprint density at radius 3 is 1.71 bits per heavy atom. The first-order chi connectivity index (χ1) is 9.34. The molecule has 0 heterocycles. The zero-order valence-corrected chi connectivity index (χ0v) is 13.9. The van der Waals surface area contributed by atoms with Crippen LogP contribution in [0.5, 0.6) is 11.5 Å². The molecule has 0 aliphatic carbocycles. The summed E-state index contributed by atoms with van der Waals surface area (Å²) < 4.78 is 5.49. The lowest BCUT2D eigenvalue weighted by molar-refractivity contribution is -0.144. The minimum absolute atomic E-state index is 0.255. The Balaban J connectivity index is 3.44. The molecule has 0 saturated carbocycles. The van der Waals surface area contributed by atoms with E-state index in [1.807, 2.05) is 41.5 Å². The van der Waals surface area contributed by atoms with Gasteiger partial charge in [-0.2, -0.15) is 0 Å². The van der Waals surface area contributed by atoms with Gasteiger partial charge in [0.15, 0.2) is 6.10 Å². The highest BCUT2D eigenvalue weighted by atomic mass is 16.5. The normalized spacial score (nSPS) is 13.9. The number of ether oxygens (including phenoxy) is 1. The monoisotopic (exact) mass is 294 g/mol. The predicted molar refractivity (Wildman–Crippen MR) is 83.2 cm³/mol. The molecule has 0 spiro atoms. The van der Waals surface area contributed by atoms with Crippen LogP contribution in [0.2, 0.25) is 0 Å². The second-order valence-corrected chi connectivity index (χ2v) is 7.47. The number of carbonyl (C=O) groups is 1. The summed E-state index contributed by atoms with van der Waals surface area (Å²) in [6, 6.07) is 3.45. The number of benzene rings is 1. The maximum atomic E-state index is 11.0. The van der Waals surface area contributed by atoms with Gasteiger partial charge in [-0.15, -0.1) is 0 Å². The molecule has 2 N–H and O–H groups in total. The molecule has 0 aliphatic rings. The van der Waals surface area contributed by atoms with Crippen LogP contribution < -0.4 is 4.74 Å². The van der Waals surface area contributed by atoms with Crippen LogP contribution in [0.3, 0.4) is 0 Å². The molecule has 118 valence electrons. The van der Waals surface area contributed by atoms with Crippen LogP contribution in [0.25, 0.3) is 0 Å². The summed E-state index contributed by atoms with van der Waals surface area (Å²) in [6.07, 6.45) is -0.935. The Morgan fingerprint density at radius 1 is 1.05 bits per heavy atom. The summed E-state index contributed by atoms with van der Waals surface area (Å²) in [4.78, 5) is 11.0. The number of rotatable bonds is 3. The minimum Gasteiger partial charge on any atom is -0.507 e. The van der Waals surface area contributed by atoms with E-state index in [2.05, 4.69) is 0 Å². The quantitative estimate of drug-likeness (QED) is 0.889. The molecule has 0 aromatic heterocycles. The number of phenolic OH excluding ortho intramolecular Hbond substituents is 1. The van der Waals surface area contributed by atoms with Crippen molar-refractivity contribution in [3.63, 3.8) is 0 Å². The van der Waals surface area contributed by atoms with Gasteiger partial charge in [0.1, 0.15) is 11.5 Å². The number of aliphatic carboxylic acids is 1. The Kier molecular flexibility index (Phi) is 4.61. The molecule has 0 aliphatic heterocycles. The van der Waals surface area contributed by atoms with E-state index in [-0.39, 0.29) is 16.6 Å². The van der Waals surface area contributed by atoms with Crippen LogP contribution in [-0.2, 0) is 15.6 Å². The number of aromatic hydroxyl groups is 1. The van der Waals surface area contributed by atoms with Crippen molar-refractivity contribution >= 4 is 5.97 Å². The number of carboxylic acid groups (broad SMARTS) is 1. The maximum absolute atomic E-state index is 11.0. The molecule has 4 nitrogen and oxygen atoms in total. The summed E-state index contributed by atoms with van der Waals surface area (Å²) in [5.41, 5.74) is 0.969. The summed E-state index contributed by atoms with van der Waals surface area (Å²) >= 11 is 0. The average molecular weight is 294 g/mol. The molecule has 0 amide bonds. The van der Waals surface area contributed by atoms with Crippen molar-refractivity contribution in [2.45, 2.75) is 65.4 Å². The topological polar surface area (TPSA) is 66.8 Å². The van der Waals surface area contributed by atoms with Gasteiger partial charge in [0.05, 0.1) is 0 Å². The van der Waals surface area contributed by atoms with Gasteiger partial charge in [0.25, 0.3) is 0 Å². The van der Waals surface area contributed by atoms with Gasteiger partial charge in [-0.05, 0) is 29.9 Å². The van der Waals surface area contributed by atoms with E-state index >= 15 is 0 Å². The molecule has 0 saturated heterocycles. The Labute approximate surface area is 126 Å². The van der Waals surface area contributed by atoms with Crippen LogP contribution in [0, 0.1) is 0 Å². The lowest BCUT2D eigenvalue weighted by Crippen LogP contribution is -2.24. The second kappa shape index (κ2) is 5.58. The van der Waals surface area contributed by atoms with Gasteiger partial charge >= 0.3 is 5.97 Å². The van der Waals surface area contributed by atoms with Crippen molar-refractivity contribution in [2.24, 2.45) is 0 Å². The first-order valence-electron chi connectivity index (χ1n) is 7.11. The SMILES string of the molecule is C[C@H](Oc1cc(C(C)(C)C)c(O)c(C(C)(C)C)c1)C(=O)O. The first-order valence-corrected chi connectivity index (χ1v) is 7.11. The highest BCUT2D eigenvalue weighted by Crippen LogP contribution is 2.41. The van der Waals surface area contributed by atoms with Crippen LogP contribution in [0.1, 0.15) is 59.6 Å². The molecule has 1 atom stereocenters. The van der Waals surface area contributed by atoms with Gasteiger partial charge in [-0.25, -0.2) is 4.79 Å². The third-order valence-electron chi connectivity index (χ3n) is 3.36. The van der Waals surface area contributed by atoms with E-state index in [1.54, 1.807) is 12.1 Å². The van der Waals surface area contributed by atoms with E-state index < -0.39 is 12.1 Å². The molecule has 0 radical (unpaired) electrons. The molecule has 4 heteroatoms. The number of phenols is 1. The summed E-state index contributed by atoms with van der Waals surface area (Å²) in [6.45, 7) is 13.5. The molecule has 1 rings (SSSR count). The van der Waals surface area contributed by atoms with E-state index in [1.165, 1.54) is 6.92 Å². The fourth-order valence-electron chi connectivity index (χ4n) is 2.07. The van der Waals surface area contributed by atoms with E-state index in [4.69, 9.17) is 9.84 Å². The van der Waals surface area contributed by atoms with Gasteiger partial charge in [0, 0.05) is 11.1 Å². The lowest BCUT2D eigenvalue weighted by Gasteiger charge is -2.28. The number of carboxylic acids is 1. The van der Waals surface area contributed by atoms with Crippen molar-refractivity contribution < 1.29 is 19.7 Å². The third kappa shape index (κ3) is 4.13. The van der Waals surface area contributed by atoms with Gasteiger partial charge < -0.3 is 14.9 Å². The van der Waals surface area contributed by atoms with E-state index in [0.29, 0.717) is 5.75 Å². The second-order valence-electron chi connectivity index (χ2n) is 7.47. The Morgan fingerprint density at radius 2 is 1.43 bits per heavy atom. The van der Waals surface area contributed by atoms with Crippen molar-refractivity contribution in [1.29, 1.82) is 0 Å². The van der Waals surface area contributed by atoms with Crippen molar-refractivity contribution in [2.75, 3.05) is 0 Å².